The molecule has 3 aromatic carbocycles. The van der Waals surface area contributed by atoms with Gasteiger partial charge in [-0.15, -0.1) is 10.2 Å². The van der Waals surface area contributed by atoms with E-state index in [9.17, 15) is 14.9 Å². The summed E-state index contributed by atoms with van der Waals surface area (Å²) in [4.78, 5) is 22.8. The number of nitro benzene ring substituents is 1. The number of aromatic nitrogens is 3. The minimum absolute atomic E-state index is 0.0187. The number of hydrogen-bond donors (Lipinski definition) is 1. The van der Waals surface area contributed by atoms with Crippen molar-refractivity contribution in [2.24, 2.45) is 5.10 Å². The van der Waals surface area contributed by atoms with Crippen molar-refractivity contribution in [3.05, 3.63) is 98.5 Å². The lowest BCUT2D eigenvalue weighted by atomic mass is 10.1. The number of amides is 1. The van der Waals surface area contributed by atoms with Gasteiger partial charge in [-0.05, 0) is 73.2 Å². The van der Waals surface area contributed by atoms with Gasteiger partial charge in [-0.3, -0.25) is 19.5 Å². The van der Waals surface area contributed by atoms with Crippen molar-refractivity contribution in [1.82, 2.24) is 20.2 Å². The number of hydrazone groups is 1. The number of halogens is 2. The number of nitro groups is 1. The molecule has 12 heteroatoms. The van der Waals surface area contributed by atoms with Gasteiger partial charge in [0.05, 0.1) is 16.4 Å². The molecule has 4 aromatic rings. The Bertz CT molecular complexity index is 1420. The van der Waals surface area contributed by atoms with Gasteiger partial charge in [0, 0.05) is 33.4 Å². The summed E-state index contributed by atoms with van der Waals surface area (Å²) in [6.45, 7) is 1.70. The number of thioether (sulfide) groups is 1. The van der Waals surface area contributed by atoms with Crippen LogP contribution >= 0.6 is 35.0 Å². The number of rotatable bonds is 8. The van der Waals surface area contributed by atoms with Crippen LogP contribution in [-0.4, -0.2) is 37.1 Å². The largest absolute Gasteiger partial charge is 0.272 e. The maximum atomic E-state index is 12.5. The summed E-state index contributed by atoms with van der Waals surface area (Å²) in [6, 6.07) is 20.3. The third kappa shape index (κ3) is 6.09. The highest BCUT2D eigenvalue weighted by Gasteiger charge is 2.17. The molecule has 1 aromatic heterocycles. The molecular weight excluding hydrogens is 523 g/mol. The van der Waals surface area contributed by atoms with Crippen molar-refractivity contribution in [3.63, 3.8) is 0 Å². The van der Waals surface area contributed by atoms with Crippen LogP contribution in [0.4, 0.5) is 5.69 Å². The zero-order chi connectivity index (χ0) is 25.7. The number of benzene rings is 3. The number of hydrogen-bond acceptors (Lipinski definition) is 7. The molecule has 0 bridgehead atoms. The maximum absolute atomic E-state index is 12.5. The number of carbonyl (C=O) groups excluding carboxylic acids is 1. The average Bonchev–Trinajstić information content (AvgIpc) is 3.31. The quantitative estimate of drug-likeness (QED) is 0.131. The fourth-order valence-electron chi connectivity index (χ4n) is 3.17. The van der Waals surface area contributed by atoms with Gasteiger partial charge < -0.3 is 0 Å². The van der Waals surface area contributed by atoms with Gasteiger partial charge in [-0.25, -0.2) is 5.43 Å². The lowest BCUT2D eigenvalue weighted by molar-refractivity contribution is -0.384. The first kappa shape index (κ1) is 25.4. The molecule has 0 saturated heterocycles. The van der Waals surface area contributed by atoms with E-state index in [1.807, 2.05) is 28.8 Å². The molecule has 1 heterocycles. The van der Waals surface area contributed by atoms with E-state index in [4.69, 9.17) is 23.2 Å². The predicted molar refractivity (Wildman–Crippen MR) is 141 cm³/mol. The molecule has 4 rings (SSSR count). The van der Waals surface area contributed by atoms with Crippen molar-refractivity contribution in [2.45, 2.75) is 12.1 Å². The Kier molecular flexibility index (Phi) is 7.99. The van der Waals surface area contributed by atoms with Crippen LogP contribution in [0.5, 0.6) is 0 Å². The van der Waals surface area contributed by atoms with Gasteiger partial charge in [0.2, 0.25) is 0 Å². The summed E-state index contributed by atoms with van der Waals surface area (Å²) in [7, 11) is 0. The Morgan fingerprint density at radius 2 is 1.61 bits per heavy atom. The minimum atomic E-state index is -0.476. The number of nitrogens with one attached hydrogen (secondary N) is 1. The molecule has 182 valence electrons. The molecule has 36 heavy (non-hydrogen) atoms. The van der Waals surface area contributed by atoms with Crippen LogP contribution in [0.1, 0.15) is 12.5 Å². The lowest BCUT2D eigenvalue weighted by Gasteiger charge is -2.10. The fraction of sp³-hybridized carbons (Fsp3) is 0.0833. The molecule has 0 spiro atoms. The molecule has 1 amide bonds. The predicted octanol–water partition coefficient (Wildman–Crippen LogP) is 5.78. The van der Waals surface area contributed by atoms with E-state index in [0.717, 1.165) is 11.3 Å². The summed E-state index contributed by atoms with van der Waals surface area (Å²) in [5.74, 6) is 0.271. The van der Waals surface area contributed by atoms with E-state index in [0.29, 0.717) is 32.3 Å². The van der Waals surface area contributed by atoms with Crippen LogP contribution < -0.4 is 5.43 Å². The van der Waals surface area contributed by atoms with Crippen LogP contribution in [0.25, 0.3) is 17.1 Å². The zero-order valence-electron chi connectivity index (χ0n) is 18.8. The van der Waals surface area contributed by atoms with E-state index in [-0.39, 0.29) is 17.3 Å². The first-order valence-electron chi connectivity index (χ1n) is 10.5. The second-order valence-corrected chi connectivity index (χ2v) is 9.27. The van der Waals surface area contributed by atoms with Crippen LogP contribution in [0.2, 0.25) is 10.0 Å². The van der Waals surface area contributed by atoms with Gasteiger partial charge in [0.1, 0.15) is 0 Å². The molecule has 0 aliphatic heterocycles. The van der Waals surface area contributed by atoms with Crippen molar-refractivity contribution in [1.29, 1.82) is 0 Å². The molecule has 0 atom stereocenters. The first-order valence-corrected chi connectivity index (χ1v) is 12.2. The first-order chi connectivity index (χ1) is 17.3. The van der Waals surface area contributed by atoms with Crippen LogP contribution in [0, 0.1) is 10.1 Å². The summed E-state index contributed by atoms with van der Waals surface area (Å²) >= 11 is 13.3. The number of nitrogens with zero attached hydrogens (tertiary/aromatic N) is 5. The van der Waals surface area contributed by atoms with Gasteiger partial charge >= 0.3 is 0 Å². The molecular formula is C24H18Cl2N6O3S. The standard InChI is InChI=1S/C24H18Cl2N6O3S/c1-15(16-4-10-21(11-5-16)32(34)35)27-28-22(33)14-36-24-30-29-23(17-2-6-18(25)7-3-17)31(24)20-12-8-19(26)9-13-20/h2-13H,14H2,1H3,(H,28,33). The summed E-state index contributed by atoms with van der Waals surface area (Å²) in [5, 5.41) is 25.2. The zero-order valence-corrected chi connectivity index (χ0v) is 21.1. The monoisotopic (exact) mass is 540 g/mol. The van der Waals surface area contributed by atoms with Gasteiger partial charge in [0.25, 0.3) is 11.6 Å². The summed E-state index contributed by atoms with van der Waals surface area (Å²) in [6.07, 6.45) is 0. The summed E-state index contributed by atoms with van der Waals surface area (Å²) in [5.41, 5.74) is 5.24. The molecule has 0 radical (unpaired) electrons. The Balaban J connectivity index is 1.50. The smallest absolute Gasteiger partial charge is 0.269 e. The SMILES string of the molecule is CC(=NNC(=O)CSc1nnc(-c2ccc(Cl)cc2)n1-c1ccc(Cl)cc1)c1ccc([N+](=O)[O-])cc1. The van der Waals surface area contributed by atoms with E-state index in [1.165, 1.54) is 23.9 Å². The summed E-state index contributed by atoms with van der Waals surface area (Å²) < 4.78 is 1.84. The fourth-order valence-corrected chi connectivity index (χ4v) is 4.17. The normalized spacial score (nSPS) is 11.4. The topological polar surface area (TPSA) is 115 Å². The van der Waals surface area contributed by atoms with Crippen LogP contribution in [0.3, 0.4) is 0 Å². The highest BCUT2D eigenvalue weighted by atomic mass is 35.5. The number of non-ortho nitro benzene ring substituents is 1. The van der Waals surface area contributed by atoms with Gasteiger partial charge in [0.15, 0.2) is 11.0 Å². The van der Waals surface area contributed by atoms with Crippen molar-refractivity contribution in [2.75, 3.05) is 5.75 Å². The Labute approximate surface area is 220 Å². The van der Waals surface area contributed by atoms with Crippen LogP contribution in [0.15, 0.2) is 83.1 Å². The Morgan fingerprint density at radius 1 is 1.00 bits per heavy atom. The van der Waals surface area contributed by atoms with Crippen molar-refractivity contribution >= 4 is 52.3 Å². The van der Waals surface area contributed by atoms with E-state index >= 15 is 0 Å². The highest BCUT2D eigenvalue weighted by Crippen LogP contribution is 2.29. The van der Waals surface area contributed by atoms with E-state index in [2.05, 4.69) is 20.7 Å². The van der Waals surface area contributed by atoms with Crippen LogP contribution in [-0.2, 0) is 4.79 Å². The Hall–Kier alpha value is -3.73. The molecule has 0 fully saturated rings. The molecule has 0 saturated carbocycles. The molecule has 0 unspecified atom stereocenters. The van der Waals surface area contributed by atoms with E-state index in [1.54, 1.807) is 43.3 Å². The van der Waals surface area contributed by atoms with Gasteiger partial charge in [-0.1, -0.05) is 35.0 Å². The average molecular weight is 541 g/mol. The number of carbonyl (C=O) groups is 1. The molecule has 1 N–H and O–H groups in total. The lowest BCUT2D eigenvalue weighted by Crippen LogP contribution is -2.21. The highest BCUT2D eigenvalue weighted by molar-refractivity contribution is 7.99. The maximum Gasteiger partial charge on any atom is 0.269 e. The van der Waals surface area contributed by atoms with Gasteiger partial charge in [-0.2, -0.15) is 5.10 Å². The van der Waals surface area contributed by atoms with Crippen molar-refractivity contribution in [3.8, 4) is 17.1 Å². The molecule has 0 aliphatic rings. The third-order valence-corrected chi connectivity index (χ3v) is 6.43. The molecule has 0 aliphatic carbocycles. The minimum Gasteiger partial charge on any atom is -0.272 e. The molecule has 9 nitrogen and oxygen atoms in total. The second kappa shape index (κ2) is 11.3. The second-order valence-electron chi connectivity index (χ2n) is 7.45. The van der Waals surface area contributed by atoms with E-state index < -0.39 is 4.92 Å². The Morgan fingerprint density at radius 3 is 2.22 bits per heavy atom. The van der Waals surface area contributed by atoms with Crippen molar-refractivity contribution < 1.29 is 9.72 Å². The third-order valence-electron chi connectivity index (χ3n) is 5.00.